The standard InChI is InChI=1S/C16H25NO2/c1-5-11-17(12-10-15(18)19)14-8-6-13(7-9-14)16(2,3)4/h6-9H,5,10-12H2,1-4H3,(H,18,19). The van der Waals surface area contributed by atoms with Gasteiger partial charge in [-0.1, -0.05) is 39.8 Å². The molecule has 0 saturated carbocycles. The second-order valence-electron chi connectivity index (χ2n) is 5.93. The molecule has 0 atom stereocenters. The molecule has 0 aliphatic rings. The van der Waals surface area contributed by atoms with E-state index in [4.69, 9.17) is 5.11 Å². The van der Waals surface area contributed by atoms with E-state index in [0.29, 0.717) is 6.54 Å². The molecule has 0 fully saturated rings. The molecule has 0 aliphatic heterocycles. The summed E-state index contributed by atoms with van der Waals surface area (Å²) in [6.45, 7) is 10.1. The maximum absolute atomic E-state index is 10.7. The zero-order valence-corrected chi connectivity index (χ0v) is 12.4. The highest BCUT2D eigenvalue weighted by molar-refractivity contribution is 5.67. The summed E-state index contributed by atoms with van der Waals surface area (Å²) in [4.78, 5) is 12.8. The highest BCUT2D eigenvalue weighted by Crippen LogP contribution is 2.25. The SMILES string of the molecule is CCCN(CCC(=O)O)c1ccc(C(C)(C)C)cc1. The summed E-state index contributed by atoms with van der Waals surface area (Å²) in [5, 5.41) is 8.80. The Hall–Kier alpha value is -1.51. The number of nitrogens with zero attached hydrogens (tertiary/aromatic N) is 1. The fraction of sp³-hybridized carbons (Fsp3) is 0.562. The van der Waals surface area contributed by atoms with Gasteiger partial charge in [0.05, 0.1) is 6.42 Å². The van der Waals surface area contributed by atoms with Crippen LogP contribution in [0.4, 0.5) is 5.69 Å². The van der Waals surface area contributed by atoms with Crippen LogP contribution in [0.25, 0.3) is 0 Å². The molecular formula is C16H25NO2. The third-order valence-corrected chi connectivity index (χ3v) is 3.19. The molecule has 0 bridgehead atoms. The summed E-state index contributed by atoms with van der Waals surface area (Å²) >= 11 is 0. The number of carbonyl (C=O) groups is 1. The van der Waals surface area contributed by atoms with E-state index < -0.39 is 5.97 Å². The first-order valence-electron chi connectivity index (χ1n) is 6.92. The third kappa shape index (κ3) is 4.93. The van der Waals surface area contributed by atoms with E-state index in [0.717, 1.165) is 18.7 Å². The van der Waals surface area contributed by atoms with Gasteiger partial charge in [-0.15, -0.1) is 0 Å². The zero-order valence-electron chi connectivity index (χ0n) is 12.4. The normalized spacial score (nSPS) is 11.4. The van der Waals surface area contributed by atoms with Crippen molar-refractivity contribution >= 4 is 11.7 Å². The van der Waals surface area contributed by atoms with Gasteiger partial charge in [0.2, 0.25) is 0 Å². The lowest BCUT2D eigenvalue weighted by molar-refractivity contribution is -0.136. The number of rotatable bonds is 6. The molecule has 19 heavy (non-hydrogen) atoms. The quantitative estimate of drug-likeness (QED) is 0.851. The molecule has 0 unspecified atom stereocenters. The molecule has 0 aliphatic carbocycles. The average molecular weight is 263 g/mol. The van der Waals surface area contributed by atoms with E-state index in [1.165, 1.54) is 5.56 Å². The number of anilines is 1. The van der Waals surface area contributed by atoms with E-state index >= 15 is 0 Å². The molecule has 3 heteroatoms. The zero-order chi connectivity index (χ0) is 14.5. The van der Waals surface area contributed by atoms with Crippen molar-refractivity contribution in [3.05, 3.63) is 29.8 Å². The van der Waals surface area contributed by atoms with Crippen molar-refractivity contribution < 1.29 is 9.90 Å². The number of benzene rings is 1. The summed E-state index contributed by atoms with van der Waals surface area (Å²) in [7, 11) is 0. The Morgan fingerprint density at radius 1 is 1.16 bits per heavy atom. The van der Waals surface area contributed by atoms with Crippen LogP contribution in [0.5, 0.6) is 0 Å². The van der Waals surface area contributed by atoms with E-state index in [1.807, 2.05) is 0 Å². The lowest BCUT2D eigenvalue weighted by Crippen LogP contribution is -2.27. The first kappa shape index (κ1) is 15.5. The Bertz CT molecular complexity index is 404. The summed E-state index contributed by atoms with van der Waals surface area (Å²) in [5.74, 6) is -0.743. The molecule has 0 amide bonds. The van der Waals surface area contributed by atoms with Crippen molar-refractivity contribution in [3.8, 4) is 0 Å². The largest absolute Gasteiger partial charge is 0.481 e. The minimum atomic E-state index is -0.743. The smallest absolute Gasteiger partial charge is 0.305 e. The van der Waals surface area contributed by atoms with Crippen molar-refractivity contribution in [2.45, 2.75) is 46.0 Å². The van der Waals surface area contributed by atoms with E-state index in [9.17, 15) is 4.79 Å². The number of carboxylic acid groups (broad SMARTS) is 1. The van der Waals surface area contributed by atoms with Crippen LogP contribution in [0.3, 0.4) is 0 Å². The van der Waals surface area contributed by atoms with Gasteiger partial charge in [0.25, 0.3) is 0 Å². The maximum atomic E-state index is 10.7. The fourth-order valence-electron chi connectivity index (χ4n) is 2.04. The molecule has 0 radical (unpaired) electrons. The topological polar surface area (TPSA) is 40.5 Å². The van der Waals surface area contributed by atoms with E-state index in [1.54, 1.807) is 0 Å². The monoisotopic (exact) mass is 263 g/mol. The molecule has 1 aromatic carbocycles. The molecule has 1 N–H and O–H groups in total. The second kappa shape index (κ2) is 6.60. The van der Waals surface area contributed by atoms with Gasteiger partial charge in [0.15, 0.2) is 0 Å². The summed E-state index contributed by atoms with van der Waals surface area (Å²) in [6, 6.07) is 8.47. The minimum Gasteiger partial charge on any atom is -0.481 e. The van der Waals surface area contributed by atoms with Gasteiger partial charge in [0, 0.05) is 18.8 Å². The van der Waals surface area contributed by atoms with E-state index in [-0.39, 0.29) is 11.8 Å². The van der Waals surface area contributed by atoms with Gasteiger partial charge in [-0.05, 0) is 29.5 Å². The highest BCUT2D eigenvalue weighted by Gasteiger charge is 2.14. The van der Waals surface area contributed by atoms with Crippen LogP contribution in [0, 0.1) is 0 Å². The van der Waals surface area contributed by atoms with Crippen LogP contribution in [-0.4, -0.2) is 24.2 Å². The molecule has 0 heterocycles. The molecule has 3 nitrogen and oxygen atoms in total. The minimum absolute atomic E-state index is 0.148. The number of carboxylic acids is 1. The fourth-order valence-corrected chi connectivity index (χ4v) is 2.04. The van der Waals surface area contributed by atoms with E-state index in [2.05, 4.69) is 56.9 Å². The van der Waals surface area contributed by atoms with Crippen molar-refractivity contribution in [2.24, 2.45) is 0 Å². The van der Waals surface area contributed by atoms with Crippen LogP contribution >= 0.6 is 0 Å². The number of hydrogen-bond acceptors (Lipinski definition) is 2. The first-order valence-corrected chi connectivity index (χ1v) is 6.92. The van der Waals surface area contributed by atoms with Gasteiger partial charge in [0.1, 0.15) is 0 Å². The van der Waals surface area contributed by atoms with Gasteiger partial charge in [-0.2, -0.15) is 0 Å². The van der Waals surface area contributed by atoms with Crippen molar-refractivity contribution in [1.82, 2.24) is 0 Å². The number of hydrogen-bond donors (Lipinski definition) is 1. The van der Waals surface area contributed by atoms with Crippen LogP contribution in [-0.2, 0) is 10.2 Å². The lowest BCUT2D eigenvalue weighted by Gasteiger charge is -2.25. The molecule has 1 aromatic rings. The summed E-state index contributed by atoms with van der Waals surface area (Å²) < 4.78 is 0. The second-order valence-corrected chi connectivity index (χ2v) is 5.93. The molecule has 106 valence electrons. The molecular weight excluding hydrogens is 238 g/mol. The van der Waals surface area contributed by atoms with Crippen LogP contribution in [0.2, 0.25) is 0 Å². The predicted octanol–water partition coefficient (Wildman–Crippen LogP) is 3.68. The van der Waals surface area contributed by atoms with Gasteiger partial charge >= 0.3 is 5.97 Å². The third-order valence-electron chi connectivity index (χ3n) is 3.19. The Morgan fingerprint density at radius 2 is 1.74 bits per heavy atom. The molecule has 0 spiro atoms. The van der Waals surface area contributed by atoms with Crippen LogP contribution < -0.4 is 4.90 Å². The first-order chi connectivity index (χ1) is 8.84. The Balaban J connectivity index is 2.82. The van der Waals surface area contributed by atoms with Crippen molar-refractivity contribution in [2.75, 3.05) is 18.0 Å². The Kier molecular flexibility index (Phi) is 5.40. The summed E-state index contributed by atoms with van der Waals surface area (Å²) in [5.41, 5.74) is 2.55. The molecule has 0 saturated heterocycles. The molecule has 0 aromatic heterocycles. The lowest BCUT2D eigenvalue weighted by atomic mass is 9.87. The average Bonchev–Trinajstić information content (AvgIpc) is 2.33. The maximum Gasteiger partial charge on any atom is 0.305 e. The summed E-state index contributed by atoms with van der Waals surface area (Å²) in [6.07, 6.45) is 1.20. The van der Waals surface area contributed by atoms with Crippen LogP contribution in [0.15, 0.2) is 24.3 Å². The highest BCUT2D eigenvalue weighted by atomic mass is 16.4. The van der Waals surface area contributed by atoms with Crippen molar-refractivity contribution in [3.63, 3.8) is 0 Å². The molecule has 1 rings (SSSR count). The Labute approximate surface area is 116 Å². The van der Waals surface area contributed by atoms with Gasteiger partial charge in [-0.3, -0.25) is 4.79 Å². The number of aliphatic carboxylic acids is 1. The van der Waals surface area contributed by atoms with Crippen molar-refractivity contribution in [1.29, 1.82) is 0 Å². The predicted molar refractivity (Wildman–Crippen MR) is 79.9 cm³/mol. The Morgan fingerprint density at radius 3 is 2.16 bits per heavy atom. The van der Waals surface area contributed by atoms with Gasteiger partial charge < -0.3 is 10.0 Å². The van der Waals surface area contributed by atoms with Crippen LogP contribution in [0.1, 0.15) is 46.1 Å². The van der Waals surface area contributed by atoms with Gasteiger partial charge in [-0.25, -0.2) is 0 Å².